The molecule has 116 valence electrons. The molecule has 0 fully saturated rings. The zero-order chi connectivity index (χ0) is 15.9. The number of carbonyl (C=O) groups excluding carboxylic acids is 1. The van der Waals surface area contributed by atoms with Gasteiger partial charge in [0.15, 0.2) is 0 Å². The van der Waals surface area contributed by atoms with Crippen molar-refractivity contribution in [2.45, 2.75) is 6.54 Å². The SMILES string of the molecule is COc1ccccc1CN(C)CC(=O)Nc1ccc(F)cc1. The van der Waals surface area contributed by atoms with Gasteiger partial charge in [-0.3, -0.25) is 9.69 Å². The molecule has 0 atom stereocenters. The number of ether oxygens (including phenoxy) is 1. The molecule has 5 heteroatoms. The van der Waals surface area contributed by atoms with E-state index in [4.69, 9.17) is 4.74 Å². The largest absolute Gasteiger partial charge is 0.496 e. The zero-order valence-electron chi connectivity index (χ0n) is 12.7. The van der Waals surface area contributed by atoms with Crippen molar-refractivity contribution < 1.29 is 13.9 Å². The van der Waals surface area contributed by atoms with Crippen molar-refractivity contribution in [3.8, 4) is 5.75 Å². The number of likely N-dealkylation sites (N-methyl/N-ethyl adjacent to an activating group) is 1. The summed E-state index contributed by atoms with van der Waals surface area (Å²) in [6.07, 6.45) is 0. The summed E-state index contributed by atoms with van der Waals surface area (Å²) in [5.41, 5.74) is 1.60. The Morgan fingerprint density at radius 3 is 2.55 bits per heavy atom. The molecule has 22 heavy (non-hydrogen) atoms. The van der Waals surface area contributed by atoms with Gasteiger partial charge in [0.05, 0.1) is 13.7 Å². The maximum Gasteiger partial charge on any atom is 0.238 e. The Kier molecular flexibility index (Phi) is 5.49. The van der Waals surface area contributed by atoms with Crippen molar-refractivity contribution in [3.63, 3.8) is 0 Å². The van der Waals surface area contributed by atoms with Crippen molar-refractivity contribution in [1.82, 2.24) is 4.90 Å². The number of nitrogens with zero attached hydrogens (tertiary/aromatic N) is 1. The van der Waals surface area contributed by atoms with E-state index in [1.165, 1.54) is 24.3 Å². The zero-order valence-corrected chi connectivity index (χ0v) is 12.7. The molecule has 0 aliphatic rings. The second-order valence-electron chi connectivity index (χ2n) is 5.04. The summed E-state index contributed by atoms with van der Waals surface area (Å²) in [4.78, 5) is 13.9. The standard InChI is InChI=1S/C17H19FN2O2/c1-20(11-13-5-3-4-6-16(13)22-2)12-17(21)19-15-9-7-14(18)8-10-15/h3-10H,11-12H2,1-2H3,(H,19,21). The molecule has 2 aromatic carbocycles. The van der Waals surface area contributed by atoms with E-state index in [1.807, 2.05) is 36.2 Å². The molecule has 0 saturated carbocycles. The second-order valence-corrected chi connectivity index (χ2v) is 5.04. The molecule has 0 unspecified atom stereocenters. The lowest BCUT2D eigenvalue weighted by Gasteiger charge is -2.18. The molecule has 0 aromatic heterocycles. The normalized spacial score (nSPS) is 10.5. The number of amides is 1. The van der Waals surface area contributed by atoms with E-state index < -0.39 is 0 Å². The van der Waals surface area contributed by atoms with Crippen LogP contribution in [0.25, 0.3) is 0 Å². The summed E-state index contributed by atoms with van der Waals surface area (Å²) in [6.45, 7) is 0.830. The Labute approximate surface area is 129 Å². The lowest BCUT2D eigenvalue weighted by molar-refractivity contribution is -0.117. The quantitative estimate of drug-likeness (QED) is 0.892. The molecule has 4 nitrogen and oxygen atoms in total. The first-order valence-corrected chi connectivity index (χ1v) is 6.94. The van der Waals surface area contributed by atoms with Gasteiger partial charge in [-0.25, -0.2) is 4.39 Å². The van der Waals surface area contributed by atoms with Gasteiger partial charge in [0.1, 0.15) is 11.6 Å². The van der Waals surface area contributed by atoms with Gasteiger partial charge in [0.2, 0.25) is 5.91 Å². The fourth-order valence-corrected chi connectivity index (χ4v) is 2.16. The number of halogens is 1. The van der Waals surface area contributed by atoms with E-state index in [0.717, 1.165) is 11.3 Å². The molecular formula is C17H19FN2O2. The fraction of sp³-hybridized carbons (Fsp3) is 0.235. The highest BCUT2D eigenvalue weighted by Gasteiger charge is 2.10. The monoisotopic (exact) mass is 302 g/mol. The summed E-state index contributed by atoms with van der Waals surface area (Å²) in [5, 5.41) is 2.74. The van der Waals surface area contributed by atoms with Crippen molar-refractivity contribution in [3.05, 3.63) is 59.9 Å². The predicted octanol–water partition coefficient (Wildman–Crippen LogP) is 2.90. The van der Waals surface area contributed by atoms with Crippen LogP contribution in [0.3, 0.4) is 0 Å². The second kappa shape index (κ2) is 7.56. The van der Waals surface area contributed by atoms with Crippen LogP contribution >= 0.6 is 0 Å². The topological polar surface area (TPSA) is 41.6 Å². The molecule has 0 heterocycles. The number of methoxy groups -OCH3 is 1. The molecule has 2 aromatic rings. The molecular weight excluding hydrogens is 283 g/mol. The van der Waals surface area contributed by atoms with Crippen LogP contribution in [-0.4, -0.2) is 31.5 Å². The number of nitrogens with one attached hydrogen (secondary N) is 1. The first-order valence-electron chi connectivity index (χ1n) is 6.94. The molecule has 0 radical (unpaired) electrons. The van der Waals surface area contributed by atoms with Crippen LogP contribution in [0.15, 0.2) is 48.5 Å². The van der Waals surface area contributed by atoms with E-state index in [9.17, 15) is 9.18 Å². The number of hydrogen-bond acceptors (Lipinski definition) is 3. The molecule has 0 bridgehead atoms. The number of hydrogen-bond donors (Lipinski definition) is 1. The van der Waals surface area contributed by atoms with E-state index in [1.54, 1.807) is 7.11 Å². The minimum Gasteiger partial charge on any atom is -0.496 e. The van der Waals surface area contributed by atoms with Crippen LogP contribution in [0.4, 0.5) is 10.1 Å². The summed E-state index contributed by atoms with van der Waals surface area (Å²) in [6, 6.07) is 13.4. The van der Waals surface area contributed by atoms with Gasteiger partial charge >= 0.3 is 0 Å². The Morgan fingerprint density at radius 2 is 1.86 bits per heavy atom. The minimum atomic E-state index is -0.328. The van der Waals surface area contributed by atoms with Gasteiger partial charge < -0.3 is 10.1 Å². The van der Waals surface area contributed by atoms with E-state index in [2.05, 4.69) is 5.32 Å². The number of para-hydroxylation sites is 1. The van der Waals surface area contributed by atoms with Crippen LogP contribution in [0.5, 0.6) is 5.75 Å². The first-order chi connectivity index (χ1) is 10.6. The summed E-state index contributed by atoms with van der Waals surface area (Å²) >= 11 is 0. The first kappa shape index (κ1) is 16.0. The Hall–Kier alpha value is -2.40. The lowest BCUT2D eigenvalue weighted by atomic mass is 10.2. The highest BCUT2D eigenvalue weighted by Crippen LogP contribution is 2.18. The van der Waals surface area contributed by atoms with Gasteiger partial charge in [0.25, 0.3) is 0 Å². The van der Waals surface area contributed by atoms with Gasteiger partial charge in [0, 0.05) is 17.8 Å². The molecule has 0 aliphatic heterocycles. The van der Waals surface area contributed by atoms with Crippen molar-refractivity contribution >= 4 is 11.6 Å². The van der Waals surface area contributed by atoms with E-state index >= 15 is 0 Å². The van der Waals surface area contributed by atoms with E-state index in [0.29, 0.717) is 12.2 Å². The Balaban J connectivity index is 1.89. The highest BCUT2D eigenvalue weighted by atomic mass is 19.1. The number of anilines is 1. The number of carbonyl (C=O) groups is 1. The molecule has 1 amide bonds. The summed E-state index contributed by atoms with van der Waals surface area (Å²) in [5.74, 6) is 0.323. The third kappa shape index (κ3) is 4.56. The van der Waals surface area contributed by atoms with Crippen LogP contribution in [0.1, 0.15) is 5.56 Å². The third-order valence-electron chi connectivity index (χ3n) is 3.17. The van der Waals surface area contributed by atoms with Crippen molar-refractivity contribution in [2.75, 3.05) is 26.0 Å². The Morgan fingerprint density at radius 1 is 1.18 bits per heavy atom. The molecule has 2 rings (SSSR count). The van der Waals surface area contributed by atoms with Gasteiger partial charge in [-0.2, -0.15) is 0 Å². The van der Waals surface area contributed by atoms with Gasteiger partial charge in [-0.1, -0.05) is 18.2 Å². The van der Waals surface area contributed by atoms with Gasteiger partial charge in [-0.05, 0) is 37.4 Å². The van der Waals surface area contributed by atoms with Crippen LogP contribution in [-0.2, 0) is 11.3 Å². The lowest BCUT2D eigenvalue weighted by Crippen LogP contribution is -2.29. The summed E-state index contributed by atoms with van der Waals surface area (Å²) < 4.78 is 18.1. The van der Waals surface area contributed by atoms with Crippen LogP contribution < -0.4 is 10.1 Å². The minimum absolute atomic E-state index is 0.149. The Bertz CT molecular complexity index is 629. The predicted molar refractivity (Wildman–Crippen MR) is 84.4 cm³/mol. The highest BCUT2D eigenvalue weighted by molar-refractivity contribution is 5.92. The van der Waals surface area contributed by atoms with Gasteiger partial charge in [-0.15, -0.1) is 0 Å². The van der Waals surface area contributed by atoms with Crippen molar-refractivity contribution in [1.29, 1.82) is 0 Å². The molecule has 1 N–H and O–H groups in total. The number of benzene rings is 2. The molecule has 0 saturated heterocycles. The average Bonchev–Trinajstić information content (AvgIpc) is 2.50. The fourth-order valence-electron chi connectivity index (χ4n) is 2.16. The summed E-state index contributed by atoms with van der Waals surface area (Å²) in [7, 11) is 3.48. The van der Waals surface area contributed by atoms with Crippen LogP contribution in [0, 0.1) is 5.82 Å². The average molecular weight is 302 g/mol. The smallest absolute Gasteiger partial charge is 0.238 e. The third-order valence-corrected chi connectivity index (χ3v) is 3.17. The van der Waals surface area contributed by atoms with Crippen LogP contribution in [0.2, 0.25) is 0 Å². The maximum atomic E-state index is 12.8. The maximum absolute atomic E-state index is 12.8. The molecule has 0 aliphatic carbocycles. The van der Waals surface area contributed by atoms with E-state index in [-0.39, 0.29) is 18.3 Å². The molecule has 0 spiro atoms. The van der Waals surface area contributed by atoms with Crippen molar-refractivity contribution in [2.24, 2.45) is 0 Å². The number of rotatable bonds is 6.